The van der Waals surface area contributed by atoms with Crippen molar-refractivity contribution in [2.75, 3.05) is 11.5 Å². The Hall–Kier alpha value is -2.60. The molecule has 5 N–H and O–H groups in total. The highest BCUT2D eigenvalue weighted by Crippen LogP contribution is 2.41. The van der Waals surface area contributed by atoms with Gasteiger partial charge in [-0.25, -0.2) is 9.78 Å². The molecular weight excluding hydrogens is 382 g/mol. The van der Waals surface area contributed by atoms with E-state index in [0.29, 0.717) is 17.7 Å². The lowest BCUT2D eigenvalue weighted by molar-refractivity contribution is -0.150. The molecule has 2 atom stereocenters. The standard InChI is InChI=1S/C14H15N5O5S2/c1-2-5-3-25-12-8(11(21)19(12)9(5)13(22)23)17-10(20)7(18-24)6-4-26-14(15)16-6/h4,8,12,24H,2-3H2,1H3,(H2,15,16)(H,17,20)(H,22,23)/b18-7-/t8-,12-/m1/s1. The number of rotatable bonds is 5. The summed E-state index contributed by atoms with van der Waals surface area (Å²) in [6.07, 6.45) is 0.523. The molecule has 1 fully saturated rings. The molecule has 0 spiro atoms. The average molecular weight is 397 g/mol. The molecule has 0 radical (unpaired) electrons. The van der Waals surface area contributed by atoms with Gasteiger partial charge in [-0.15, -0.1) is 23.1 Å². The number of carbonyl (C=O) groups excluding carboxylic acids is 2. The molecule has 138 valence electrons. The summed E-state index contributed by atoms with van der Waals surface area (Å²) >= 11 is 2.45. The smallest absolute Gasteiger partial charge is 0.352 e. The van der Waals surface area contributed by atoms with Crippen LogP contribution >= 0.6 is 23.1 Å². The van der Waals surface area contributed by atoms with Crippen LogP contribution in [0.2, 0.25) is 0 Å². The Kier molecular flexibility index (Phi) is 4.87. The van der Waals surface area contributed by atoms with E-state index in [0.717, 1.165) is 11.3 Å². The molecular formula is C14H15N5O5S2. The Morgan fingerprint density at radius 3 is 2.81 bits per heavy atom. The predicted octanol–water partition coefficient (Wildman–Crippen LogP) is 0.0522. The van der Waals surface area contributed by atoms with Crippen molar-refractivity contribution in [2.24, 2.45) is 5.16 Å². The number of anilines is 1. The highest BCUT2D eigenvalue weighted by molar-refractivity contribution is 8.00. The minimum absolute atomic E-state index is 0.0185. The van der Waals surface area contributed by atoms with Crippen LogP contribution in [0, 0.1) is 0 Å². The Balaban J connectivity index is 1.77. The molecule has 12 heteroatoms. The van der Waals surface area contributed by atoms with E-state index in [-0.39, 0.29) is 22.2 Å². The van der Waals surface area contributed by atoms with Crippen molar-refractivity contribution < 1.29 is 24.7 Å². The van der Waals surface area contributed by atoms with Crippen molar-refractivity contribution in [3.63, 3.8) is 0 Å². The van der Waals surface area contributed by atoms with Crippen LogP contribution in [0.5, 0.6) is 0 Å². The fourth-order valence-corrected chi connectivity index (χ4v) is 4.77. The first-order chi connectivity index (χ1) is 12.4. The summed E-state index contributed by atoms with van der Waals surface area (Å²) in [7, 11) is 0. The summed E-state index contributed by atoms with van der Waals surface area (Å²) in [5.41, 5.74) is 5.88. The zero-order valence-corrected chi connectivity index (χ0v) is 15.1. The molecule has 3 rings (SSSR count). The highest BCUT2D eigenvalue weighted by Gasteiger charge is 2.54. The van der Waals surface area contributed by atoms with Gasteiger partial charge in [0.05, 0.1) is 0 Å². The van der Waals surface area contributed by atoms with Crippen LogP contribution in [0.1, 0.15) is 19.0 Å². The number of thioether (sulfide) groups is 1. The number of nitrogen functional groups attached to an aromatic ring is 1. The van der Waals surface area contributed by atoms with E-state index in [1.54, 1.807) is 0 Å². The molecule has 0 saturated carbocycles. The summed E-state index contributed by atoms with van der Waals surface area (Å²) in [6, 6.07) is -0.909. The molecule has 26 heavy (non-hydrogen) atoms. The molecule has 0 aliphatic carbocycles. The number of thiazole rings is 1. The zero-order valence-electron chi connectivity index (χ0n) is 13.5. The largest absolute Gasteiger partial charge is 0.477 e. The minimum atomic E-state index is -1.17. The number of hydrogen-bond acceptors (Lipinski definition) is 9. The summed E-state index contributed by atoms with van der Waals surface area (Å²) in [5, 5.41) is 25.1. The van der Waals surface area contributed by atoms with Gasteiger partial charge in [0.2, 0.25) is 0 Å². The van der Waals surface area contributed by atoms with E-state index in [1.165, 1.54) is 22.0 Å². The lowest BCUT2D eigenvalue weighted by atomic mass is 10.0. The predicted molar refractivity (Wildman–Crippen MR) is 94.8 cm³/mol. The molecule has 3 heterocycles. The van der Waals surface area contributed by atoms with Crippen molar-refractivity contribution in [3.05, 3.63) is 22.3 Å². The Labute approximate surface area is 155 Å². The molecule has 0 unspecified atom stereocenters. The number of hydrogen-bond donors (Lipinski definition) is 4. The molecule has 2 aliphatic rings. The number of nitrogens with zero attached hydrogens (tertiary/aromatic N) is 3. The van der Waals surface area contributed by atoms with Gasteiger partial charge in [0.25, 0.3) is 11.8 Å². The fourth-order valence-electron chi connectivity index (χ4n) is 2.77. The fraction of sp³-hybridized carbons (Fsp3) is 0.357. The summed E-state index contributed by atoms with van der Waals surface area (Å²) in [6.45, 7) is 1.83. The number of nitrogens with one attached hydrogen (secondary N) is 1. The van der Waals surface area contributed by atoms with Gasteiger partial charge in [0, 0.05) is 11.1 Å². The summed E-state index contributed by atoms with van der Waals surface area (Å²) < 4.78 is 0. The number of nitrogens with two attached hydrogens (primary N) is 1. The Bertz CT molecular complexity index is 849. The zero-order chi connectivity index (χ0) is 19.0. The highest BCUT2D eigenvalue weighted by atomic mass is 32.2. The van der Waals surface area contributed by atoms with Crippen molar-refractivity contribution in [1.29, 1.82) is 0 Å². The monoisotopic (exact) mass is 397 g/mol. The number of oxime groups is 1. The number of carbonyl (C=O) groups is 3. The van der Waals surface area contributed by atoms with Gasteiger partial charge in [-0.3, -0.25) is 14.5 Å². The molecule has 1 aromatic rings. The van der Waals surface area contributed by atoms with Crippen LogP contribution in [0.15, 0.2) is 21.8 Å². The quantitative estimate of drug-likeness (QED) is 0.235. The molecule has 0 bridgehead atoms. The maximum atomic E-state index is 12.4. The molecule has 2 aliphatic heterocycles. The number of carboxylic acid groups (broad SMARTS) is 1. The Morgan fingerprint density at radius 1 is 1.54 bits per heavy atom. The van der Waals surface area contributed by atoms with E-state index in [1.807, 2.05) is 6.92 Å². The van der Waals surface area contributed by atoms with Crippen LogP contribution in [0.4, 0.5) is 5.13 Å². The van der Waals surface area contributed by atoms with E-state index < -0.39 is 29.2 Å². The molecule has 10 nitrogen and oxygen atoms in total. The maximum absolute atomic E-state index is 12.4. The third-order valence-electron chi connectivity index (χ3n) is 4.04. The van der Waals surface area contributed by atoms with Crippen LogP contribution in [-0.4, -0.2) is 60.9 Å². The first-order valence-electron chi connectivity index (χ1n) is 7.53. The van der Waals surface area contributed by atoms with E-state index in [2.05, 4.69) is 15.5 Å². The Morgan fingerprint density at radius 2 is 2.27 bits per heavy atom. The van der Waals surface area contributed by atoms with Crippen molar-refractivity contribution in [3.8, 4) is 0 Å². The SMILES string of the molecule is CCC1=C(C(=O)O)N2C(=O)[C@@H](NC(=O)/C(=N\O)c3csc(N)n3)[C@H]2SC1. The van der Waals surface area contributed by atoms with Gasteiger partial charge >= 0.3 is 5.97 Å². The maximum Gasteiger partial charge on any atom is 0.352 e. The first kappa shape index (κ1) is 18.2. The summed E-state index contributed by atoms with van der Waals surface area (Å²) in [5.74, 6) is -2.02. The number of carboxylic acids is 1. The number of fused-ring (bicyclic) bond motifs is 1. The number of aromatic nitrogens is 1. The van der Waals surface area contributed by atoms with Crippen molar-refractivity contribution >= 4 is 51.7 Å². The van der Waals surface area contributed by atoms with Gasteiger partial charge in [0.1, 0.15) is 22.8 Å². The van der Waals surface area contributed by atoms with E-state index >= 15 is 0 Å². The second kappa shape index (κ2) is 6.96. The summed E-state index contributed by atoms with van der Waals surface area (Å²) in [4.78, 5) is 41.4. The van der Waals surface area contributed by atoms with Gasteiger partial charge in [-0.05, 0) is 12.0 Å². The molecule has 2 amide bonds. The second-order valence-electron chi connectivity index (χ2n) is 5.49. The van der Waals surface area contributed by atoms with Gasteiger partial charge in [-0.1, -0.05) is 12.1 Å². The molecule has 1 saturated heterocycles. The van der Waals surface area contributed by atoms with Crippen LogP contribution < -0.4 is 11.1 Å². The number of amides is 2. The molecule has 1 aromatic heterocycles. The second-order valence-corrected chi connectivity index (χ2v) is 7.49. The van der Waals surface area contributed by atoms with Crippen LogP contribution in [0.3, 0.4) is 0 Å². The molecule has 0 aromatic carbocycles. The topological polar surface area (TPSA) is 158 Å². The normalized spacial score (nSPS) is 22.7. The van der Waals surface area contributed by atoms with Crippen LogP contribution in [-0.2, 0) is 14.4 Å². The van der Waals surface area contributed by atoms with E-state index in [9.17, 15) is 19.5 Å². The number of β-lactam (4-membered cyclic amide) rings is 1. The van der Waals surface area contributed by atoms with Crippen molar-refractivity contribution in [1.82, 2.24) is 15.2 Å². The lowest BCUT2D eigenvalue weighted by Crippen LogP contribution is -2.71. The van der Waals surface area contributed by atoms with Gasteiger partial charge in [0.15, 0.2) is 10.8 Å². The van der Waals surface area contributed by atoms with Gasteiger partial charge in [-0.2, -0.15) is 0 Å². The van der Waals surface area contributed by atoms with Gasteiger partial charge < -0.3 is 21.4 Å². The first-order valence-corrected chi connectivity index (χ1v) is 9.46. The lowest BCUT2D eigenvalue weighted by Gasteiger charge is -2.49. The van der Waals surface area contributed by atoms with E-state index in [4.69, 9.17) is 10.9 Å². The third kappa shape index (κ3) is 2.90. The van der Waals surface area contributed by atoms with Crippen molar-refractivity contribution in [2.45, 2.75) is 24.8 Å². The average Bonchev–Trinajstić information content (AvgIpc) is 3.04. The third-order valence-corrected chi connectivity index (χ3v) is 6.06. The minimum Gasteiger partial charge on any atom is -0.477 e. The van der Waals surface area contributed by atoms with Crippen LogP contribution in [0.25, 0.3) is 0 Å². The number of aliphatic carboxylic acids is 1.